The Hall–Kier alpha value is -4.58. The first-order valence-electron chi connectivity index (χ1n) is 11.4. The fourth-order valence-electron chi connectivity index (χ4n) is 5.14. The van der Waals surface area contributed by atoms with E-state index in [4.69, 9.17) is 4.42 Å². The summed E-state index contributed by atoms with van der Waals surface area (Å²) in [6, 6.07) is 23.7. The molecule has 6 rings (SSSR count). The number of amides is 1. The Morgan fingerprint density at radius 2 is 1.69 bits per heavy atom. The zero-order valence-corrected chi connectivity index (χ0v) is 19.0. The maximum atomic E-state index is 13.5. The summed E-state index contributed by atoms with van der Waals surface area (Å²) in [4.78, 5) is 31.7. The van der Waals surface area contributed by atoms with Gasteiger partial charge in [-0.15, -0.1) is 0 Å². The molecule has 0 saturated carbocycles. The summed E-state index contributed by atoms with van der Waals surface area (Å²) in [6.07, 6.45) is 1.54. The minimum Gasteiger partial charge on any atom is -0.507 e. The molecule has 5 aromatic rings. The lowest BCUT2D eigenvalue weighted by molar-refractivity contribution is -0.140. The van der Waals surface area contributed by atoms with Crippen molar-refractivity contribution in [1.82, 2.24) is 9.88 Å². The minimum absolute atomic E-state index is 0.0748. The highest BCUT2D eigenvalue weighted by molar-refractivity contribution is 6.46. The second-order valence-corrected chi connectivity index (χ2v) is 8.74. The molecule has 1 aliphatic heterocycles. The fraction of sp³-hybridized carbons (Fsp3) is 0.103. The molecule has 1 amide bonds. The molecular weight excluding hydrogens is 440 g/mol. The number of aryl methyl sites for hydroxylation is 1. The number of hydrogen-bond donors (Lipinski definition) is 2. The number of nitrogens with one attached hydrogen (secondary N) is 1. The van der Waals surface area contributed by atoms with Crippen molar-refractivity contribution in [3.05, 3.63) is 113 Å². The fourth-order valence-corrected chi connectivity index (χ4v) is 5.14. The first-order chi connectivity index (χ1) is 17.0. The summed E-state index contributed by atoms with van der Waals surface area (Å²) in [5, 5.41) is 14.3. The number of carbonyl (C=O) groups excluding carboxylic acids is 2. The number of Topliss-reactive ketones (excluding diaryl/α,β-unsaturated/α-hetero) is 1. The van der Waals surface area contributed by atoms with Gasteiger partial charge in [-0.3, -0.25) is 9.59 Å². The third kappa shape index (κ3) is 3.26. The van der Waals surface area contributed by atoms with Crippen molar-refractivity contribution in [2.24, 2.45) is 0 Å². The molecule has 3 aromatic carbocycles. The Balaban J connectivity index is 1.63. The number of nitrogens with zero attached hydrogens (tertiary/aromatic N) is 1. The third-order valence-corrected chi connectivity index (χ3v) is 6.71. The molecule has 1 saturated heterocycles. The van der Waals surface area contributed by atoms with Gasteiger partial charge in [0.15, 0.2) is 0 Å². The molecule has 35 heavy (non-hydrogen) atoms. The van der Waals surface area contributed by atoms with E-state index in [1.165, 1.54) is 11.2 Å². The third-order valence-electron chi connectivity index (χ3n) is 6.71. The average Bonchev–Trinajstić information content (AvgIpc) is 3.56. The Bertz CT molecular complexity index is 1640. The van der Waals surface area contributed by atoms with Crippen LogP contribution in [0.25, 0.3) is 27.4 Å². The normalized spacial score (nSPS) is 17.6. The molecule has 2 N–H and O–H groups in total. The first kappa shape index (κ1) is 21.0. The maximum absolute atomic E-state index is 13.5. The van der Waals surface area contributed by atoms with Crippen LogP contribution in [0.2, 0.25) is 0 Å². The van der Waals surface area contributed by atoms with E-state index in [0.29, 0.717) is 11.3 Å². The largest absolute Gasteiger partial charge is 0.507 e. The van der Waals surface area contributed by atoms with E-state index in [-0.39, 0.29) is 17.9 Å². The van der Waals surface area contributed by atoms with E-state index >= 15 is 0 Å². The van der Waals surface area contributed by atoms with Gasteiger partial charge in [0.1, 0.15) is 11.5 Å². The van der Waals surface area contributed by atoms with Gasteiger partial charge in [-0.1, -0.05) is 60.7 Å². The topological polar surface area (TPSA) is 86.5 Å². The summed E-state index contributed by atoms with van der Waals surface area (Å²) < 4.78 is 5.51. The molecule has 1 unspecified atom stereocenters. The number of aliphatic hydroxyl groups is 1. The molecule has 2 aromatic heterocycles. The van der Waals surface area contributed by atoms with Gasteiger partial charge in [-0.05, 0) is 35.9 Å². The quantitative estimate of drug-likeness (QED) is 0.199. The highest BCUT2D eigenvalue weighted by Crippen LogP contribution is 2.44. The van der Waals surface area contributed by atoms with E-state index < -0.39 is 17.7 Å². The van der Waals surface area contributed by atoms with Crippen molar-refractivity contribution < 1.29 is 19.1 Å². The number of likely N-dealkylation sites (tertiary alicyclic amines) is 1. The number of furan rings is 1. The van der Waals surface area contributed by atoms with E-state index in [9.17, 15) is 14.7 Å². The number of carbonyl (C=O) groups is 2. The SMILES string of the molecule is Cc1[nH]c2ccccc2c1C1/C(=C(\O)c2cccc3ccccc23)C(=O)C(=O)N1Cc1ccco1. The predicted molar refractivity (Wildman–Crippen MR) is 134 cm³/mol. The van der Waals surface area contributed by atoms with Gasteiger partial charge in [0.05, 0.1) is 24.4 Å². The van der Waals surface area contributed by atoms with Crippen LogP contribution in [-0.2, 0) is 16.1 Å². The number of rotatable bonds is 4. The van der Waals surface area contributed by atoms with Crippen LogP contribution in [0, 0.1) is 6.92 Å². The number of para-hydroxylation sites is 1. The van der Waals surface area contributed by atoms with Gasteiger partial charge in [0.25, 0.3) is 11.7 Å². The number of aliphatic hydroxyl groups excluding tert-OH is 1. The van der Waals surface area contributed by atoms with Crippen molar-refractivity contribution in [2.75, 3.05) is 0 Å². The van der Waals surface area contributed by atoms with Crippen LogP contribution in [0.1, 0.15) is 28.6 Å². The first-order valence-corrected chi connectivity index (χ1v) is 11.4. The summed E-state index contributed by atoms with van der Waals surface area (Å²) in [6.45, 7) is 2.02. The Labute approximate surface area is 201 Å². The van der Waals surface area contributed by atoms with Crippen LogP contribution in [0.15, 0.2) is 95.1 Å². The number of fused-ring (bicyclic) bond motifs is 2. The second-order valence-electron chi connectivity index (χ2n) is 8.74. The standard InChI is InChI=1S/C29H22N2O4/c1-17-24(22-12-4-5-14-23(22)30-17)26-25(28(33)29(34)31(26)16-19-10-7-15-35-19)27(32)21-13-6-9-18-8-2-3-11-20(18)21/h2-15,26,30,32H,16H2,1H3/b27-25+. The monoisotopic (exact) mass is 462 g/mol. The minimum atomic E-state index is -0.782. The van der Waals surface area contributed by atoms with Crippen LogP contribution in [0.3, 0.4) is 0 Å². The van der Waals surface area contributed by atoms with Crippen LogP contribution in [0.5, 0.6) is 0 Å². The Morgan fingerprint density at radius 1 is 0.943 bits per heavy atom. The summed E-state index contributed by atoms with van der Waals surface area (Å²) >= 11 is 0. The number of benzene rings is 3. The summed E-state index contributed by atoms with van der Waals surface area (Å²) in [5.41, 5.74) is 3.10. The van der Waals surface area contributed by atoms with E-state index in [0.717, 1.165) is 32.9 Å². The average molecular weight is 463 g/mol. The van der Waals surface area contributed by atoms with Gasteiger partial charge in [-0.25, -0.2) is 0 Å². The maximum Gasteiger partial charge on any atom is 0.296 e. The molecule has 1 fully saturated rings. The highest BCUT2D eigenvalue weighted by atomic mass is 16.3. The Morgan fingerprint density at radius 3 is 2.49 bits per heavy atom. The number of ketones is 1. The smallest absolute Gasteiger partial charge is 0.296 e. The van der Waals surface area contributed by atoms with E-state index in [1.807, 2.05) is 67.6 Å². The molecule has 1 atom stereocenters. The zero-order valence-electron chi connectivity index (χ0n) is 19.0. The molecule has 6 nitrogen and oxygen atoms in total. The number of aromatic nitrogens is 1. The van der Waals surface area contributed by atoms with Crippen molar-refractivity contribution in [3.8, 4) is 0 Å². The Kier molecular flexibility index (Phi) is 4.81. The molecule has 0 spiro atoms. The lowest BCUT2D eigenvalue weighted by Crippen LogP contribution is -2.29. The number of hydrogen-bond acceptors (Lipinski definition) is 4. The molecule has 0 aliphatic carbocycles. The van der Waals surface area contributed by atoms with Gasteiger partial charge < -0.3 is 19.4 Å². The van der Waals surface area contributed by atoms with Crippen molar-refractivity contribution >= 4 is 39.1 Å². The van der Waals surface area contributed by atoms with Crippen LogP contribution in [0.4, 0.5) is 0 Å². The molecule has 3 heterocycles. The predicted octanol–water partition coefficient (Wildman–Crippen LogP) is 5.84. The van der Waals surface area contributed by atoms with Crippen LogP contribution in [-0.4, -0.2) is 26.7 Å². The van der Waals surface area contributed by atoms with Gasteiger partial charge >= 0.3 is 0 Å². The highest BCUT2D eigenvalue weighted by Gasteiger charge is 2.47. The van der Waals surface area contributed by atoms with Gasteiger partial charge in [-0.2, -0.15) is 0 Å². The lowest BCUT2D eigenvalue weighted by atomic mass is 9.92. The lowest BCUT2D eigenvalue weighted by Gasteiger charge is -2.25. The number of aromatic amines is 1. The number of H-pyrrole nitrogens is 1. The molecule has 6 heteroatoms. The van der Waals surface area contributed by atoms with Gasteiger partial charge in [0, 0.05) is 27.7 Å². The molecule has 0 bridgehead atoms. The summed E-state index contributed by atoms with van der Waals surface area (Å²) in [5.74, 6) is -1.01. The molecule has 172 valence electrons. The van der Waals surface area contributed by atoms with Crippen LogP contribution >= 0.6 is 0 Å². The van der Waals surface area contributed by atoms with E-state index in [2.05, 4.69) is 4.98 Å². The summed E-state index contributed by atoms with van der Waals surface area (Å²) in [7, 11) is 0. The zero-order chi connectivity index (χ0) is 24.1. The van der Waals surface area contributed by atoms with Crippen molar-refractivity contribution in [1.29, 1.82) is 0 Å². The second kappa shape index (κ2) is 8.02. The van der Waals surface area contributed by atoms with Crippen molar-refractivity contribution in [3.63, 3.8) is 0 Å². The molecule has 0 radical (unpaired) electrons. The molecular formula is C29H22N2O4. The van der Waals surface area contributed by atoms with Crippen LogP contribution < -0.4 is 0 Å². The van der Waals surface area contributed by atoms with Crippen molar-refractivity contribution in [2.45, 2.75) is 19.5 Å². The van der Waals surface area contributed by atoms with E-state index in [1.54, 1.807) is 18.2 Å². The van der Waals surface area contributed by atoms with Gasteiger partial charge in [0.2, 0.25) is 0 Å². The molecule has 1 aliphatic rings.